The number of benzene rings is 2. The zero-order chi connectivity index (χ0) is 18.5. The molecule has 26 heavy (non-hydrogen) atoms. The normalized spacial score (nSPS) is 14.7. The molecule has 1 saturated carbocycles. The molecule has 2 aromatic carbocycles. The monoisotopic (exact) mass is 374 g/mol. The van der Waals surface area contributed by atoms with Gasteiger partial charge >= 0.3 is 0 Å². The van der Waals surface area contributed by atoms with Crippen molar-refractivity contribution in [1.29, 1.82) is 0 Å². The molecule has 2 aromatic rings. The highest BCUT2D eigenvalue weighted by atomic mass is 35.5. The topological polar surface area (TPSA) is 81.5 Å². The summed E-state index contributed by atoms with van der Waals surface area (Å²) in [5.41, 5.74) is 0.790. The number of hydrogen-bond acceptors (Lipinski definition) is 4. The van der Waals surface area contributed by atoms with Crippen molar-refractivity contribution in [1.82, 2.24) is 0 Å². The van der Waals surface area contributed by atoms with Gasteiger partial charge in [0.2, 0.25) is 0 Å². The molecular weight excluding hydrogens is 356 g/mol. The molecule has 1 aliphatic rings. The summed E-state index contributed by atoms with van der Waals surface area (Å²) in [5, 5.41) is 14.4. The van der Waals surface area contributed by atoms with Gasteiger partial charge in [0.05, 0.1) is 22.8 Å². The molecule has 3 rings (SSSR count). The fourth-order valence-electron chi connectivity index (χ4n) is 2.98. The maximum Gasteiger partial charge on any atom is 0.273 e. The van der Waals surface area contributed by atoms with E-state index in [1.165, 1.54) is 24.6 Å². The fraction of sp³-hybridized carbons (Fsp3) is 0.316. The lowest BCUT2D eigenvalue weighted by Crippen LogP contribution is -2.21. The van der Waals surface area contributed by atoms with Crippen LogP contribution in [0, 0.1) is 10.1 Å². The molecular formula is C19H19ClN2O4. The van der Waals surface area contributed by atoms with Gasteiger partial charge in [0.1, 0.15) is 5.75 Å². The number of nitrogens with zero attached hydrogens (tertiary/aromatic N) is 1. The number of amides is 1. The first kappa shape index (κ1) is 18.2. The summed E-state index contributed by atoms with van der Waals surface area (Å²) in [5.74, 6) is -0.00238. The number of ether oxygens (including phenoxy) is 1. The number of nitrogens with one attached hydrogen (secondary N) is 1. The first-order valence-electron chi connectivity index (χ1n) is 8.55. The molecule has 0 heterocycles. The Balaban J connectivity index is 1.83. The average molecular weight is 375 g/mol. The number of halogens is 1. The van der Waals surface area contributed by atoms with Crippen LogP contribution in [0.4, 0.5) is 11.4 Å². The summed E-state index contributed by atoms with van der Waals surface area (Å²) in [6.07, 6.45) is 5.16. The number of carbonyl (C=O) groups is 1. The van der Waals surface area contributed by atoms with Crippen LogP contribution < -0.4 is 10.1 Å². The van der Waals surface area contributed by atoms with Crippen LogP contribution >= 0.6 is 11.6 Å². The van der Waals surface area contributed by atoms with Crippen molar-refractivity contribution in [3.63, 3.8) is 0 Å². The molecule has 1 aliphatic carbocycles. The van der Waals surface area contributed by atoms with Gasteiger partial charge < -0.3 is 10.1 Å². The van der Waals surface area contributed by atoms with Crippen LogP contribution in [0.3, 0.4) is 0 Å². The summed E-state index contributed by atoms with van der Waals surface area (Å²) in [4.78, 5) is 23.1. The molecule has 0 saturated heterocycles. The first-order chi connectivity index (χ1) is 12.5. The molecule has 0 radical (unpaired) electrons. The van der Waals surface area contributed by atoms with E-state index in [2.05, 4.69) is 5.32 Å². The minimum Gasteiger partial charge on any atom is -0.488 e. The summed E-state index contributed by atoms with van der Waals surface area (Å²) < 4.78 is 5.99. The summed E-state index contributed by atoms with van der Waals surface area (Å²) >= 11 is 5.84. The molecule has 136 valence electrons. The molecule has 6 nitrogen and oxygen atoms in total. The molecule has 7 heteroatoms. The second-order valence-electron chi connectivity index (χ2n) is 6.28. The largest absolute Gasteiger partial charge is 0.488 e. The van der Waals surface area contributed by atoms with Crippen molar-refractivity contribution in [2.75, 3.05) is 5.32 Å². The lowest BCUT2D eigenvalue weighted by molar-refractivity contribution is -0.384. The maximum atomic E-state index is 12.4. The van der Waals surface area contributed by atoms with E-state index in [1.54, 1.807) is 24.3 Å². The highest BCUT2D eigenvalue weighted by Gasteiger charge is 2.20. The molecule has 0 aromatic heterocycles. The van der Waals surface area contributed by atoms with Crippen LogP contribution in [0.2, 0.25) is 5.02 Å². The first-order valence-corrected chi connectivity index (χ1v) is 8.93. The van der Waals surface area contributed by atoms with Crippen molar-refractivity contribution < 1.29 is 14.5 Å². The molecule has 0 unspecified atom stereocenters. The van der Waals surface area contributed by atoms with E-state index in [1.807, 2.05) is 0 Å². The Morgan fingerprint density at radius 1 is 1.12 bits per heavy atom. The molecule has 0 bridgehead atoms. The van der Waals surface area contributed by atoms with Crippen molar-refractivity contribution in [2.45, 2.75) is 38.2 Å². The van der Waals surface area contributed by atoms with E-state index in [9.17, 15) is 14.9 Å². The third-order valence-corrected chi connectivity index (χ3v) is 4.63. The van der Waals surface area contributed by atoms with Gasteiger partial charge in [-0.15, -0.1) is 0 Å². The smallest absolute Gasteiger partial charge is 0.273 e. The minimum atomic E-state index is -0.474. The van der Waals surface area contributed by atoms with Gasteiger partial charge in [-0.2, -0.15) is 0 Å². The van der Waals surface area contributed by atoms with E-state index < -0.39 is 4.92 Å². The van der Waals surface area contributed by atoms with E-state index in [0.29, 0.717) is 22.0 Å². The van der Waals surface area contributed by atoms with Crippen LogP contribution in [-0.4, -0.2) is 16.9 Å². The van der Waals surface area contributed by atoms with Gasteiger partial charge in [-0.1, -0.05) is 18.0 Å². The summed E-state index contributed by atoms with van der Waals surface area (Å²) in [7, 11) is 0. The van der Waals surface area contributed by atoms with Crippen molar-refractivity contribution in [3.8, 4) is 5.75 Å². The molecule has 0 aliphatic heterocycles. The number of non-ortho nitro benzene ring substituents is 1. The van der Waals surface area contributed by atoms with E-state index in [0.717, 1.165) is 25.7 Å². The lowest BCUT2D eigenvalue weighted by atomic mass is 9.98. The standard InChI is InChI=1S/C19H19ClN2O4/c20-14-8-6-13(7-9-14)19(23)21-17-11-10-15(22(24)25)12-18(17)26-16-4-2-1-3-5-16/h6-12,16H,1-5H2,(H,21,23). The van der Waals surface area contributed by atoms with Gasteiger partial charge in [0, 0.05) is 16.7 Å². The molecule has 0 spiro atoms. The SMILES string of the molecule is O=C(Nc1ccc([N+](=O)[O-])cc1OC1CCCCC1)c1ccc(Cl)cc1. The fourth-order valence-corrected chi connectivity index (χ4v) is 3.11. The number of nitro groups is 1. The van der Waals surface area contributed by atoms with Gasteiger partial charge in [0.25, 0.3) is 11.6 Å². The van der Waals surface area contributed by atoms with Crippen molar-refractivity contribution in [2.24, 2.45) is 0 Å². The van der Waals surface area contributed by atoms with Crippen LogP contribution in [0.15, 0.2) is 42.5 Å². The van der Waals surface area contributed by atoms with E-state index >= 15 is 0 Å². The number of nitro benzene ring substituents is 1. The highest BCUT2D eigenvalue weighted by molar-refractivity contribution is 6.30. The molecule has 0 atom stereocenters. The van der Waals surface area contributed by atoms with Crippen LogP contribution in [0.5, 0.6) is 5.75 Å². The third kappa shape index (κ3) is 4.52. The van der Waals surface area contributed by atoms with Gasteiger partial charge in [-0.3, -0.25) is 14.9 Å². The van der Waals surface area contributed by atoms with E-state index in [-0.39, 0.29) is 17.7 Å². The Morgan fingerprint density at radius 3 is 2.46 bits per heavy atom. The predicted molar refractivity (Wildman–Crippen MR) is 100 cm³/mol. The molecule has 1 amide bonds. The average Bonchev–Trinajstić information content (AvgIpc) is 2.64. The molecule has 1 N–H and O–H groups in total. The van der Waals surface area contributed by atoms with Crippen LogP contribution in [0.1, 0.15) is 42.5 Å². The predicted octanol–water partition coefficient (Wildman–Crippen LogP) is 5.21. The quantitative estimate of drug-likeness (QED) is 0.575. The zero-order valence-corrected chi connectivity index (χ0v) is 14.9. The Bertz CT molecular complexity index is 802. The number of rotatable bonds is 5. The van der Waals surface area contributed by atoms with E-state index in [4.69, 9.17) is 16.3 Å². The Labute approximate surface area is 156 Å². The second-order valence-corrected chi connectivity index (χ2v) is 6.71. The number of anilines is 1. The Morgan fingerprint density at radius 2 is 1.81 bits per heavy atom. The van der Waals surface area contributed by atoms with Crippen LogP contribution in [0.25, 0.3) is 0 Å². The number of carbonyl (C=O) groups excluding carboxylic acids is 1. The zero-order valence-electron chi connectivity index (χ0n) is 14.1. The Hall–Kier alpha value is -2.60. The molecule has 1 fully saturated rings. The number of hydrogen-bond donors (Lipinski definition) is 1. The summed E-state index contributed by atoms with van der Waals surface area (Å²) in [6.45, 7) is 0. The van der Waals surface area contributed by atoms with Gasteiger partial charge in [0.15, 0.2) is 0 Å². The van der Waals surface area contributed by atoms with Gasteiger partial charge in [-0.05, 0) is 56.0 Å². The maximum absolute atomic E-state index is 12.4. The van der Waals surface area contributed by atoms with Crippen molar-refractivity contribution in [3.05, 3.63) is 63.2 Å². The third-order valence-electron chi connectivity index (χ3n) is 4.38. The van der Waals surface area contributed by atoms with Gasteiger partial charge in [-0.25, -0.2) is 0 Å². The Kier molecular flexibility index (Phi) is 5.73. The second kappa shape index (κ2) is 8.19. The van der Waals surface area contributed by atoms with Crippen LogP contribution in [-0.2, 0) is 0 Å². The lowest BCUT2D eigenvalue weighted by Gasteiger charge is -2.24. The highest BCUT2D eigenvalue weighted by Crippen LogP contribution is 2.33. The minimum absolute atomic E-state index is 0.0111. The summed E-state index contributed by atoms with van der Waals surface area (Å²) in [6, 6.07) is 10.7. The van der Waals surface area contributed by atoms with Crippen molar-refractivity contribution >= 4 is 28.9 Å².